The van der Waals surface area contributed by atoms with Gasteiger partial charge in [-0.25, -0.2) is 8.78 Å². The number of amides is 1. The molecule has 2 aromatic carbocycles. The molecule has 1 heterocycles. The summed E-state index contributed by atoms with van der Waals surface area (Å²) in [6.07, 6.45) is 4.49. The van der Waals surface area contributed by atoms with Gasteiger partial charge in [0, 0.05) is 17.8 Å². The molecule has 0 saturated heterocycles. The summed E-state index contributed by atoms with van der Waals surface area (Å²) in [5.74, 6) is -1.23. The zero-order valence-electron chi connectivity index (χ0n) is 13.1. The molecule has 0 unspecified atom stereocenters. The van der Waals surface area contributed by atoms with Crippen molar-refractivity contribution in [1.29, 1.82) is 0 Å². The third-order valence-corrected chi connectivity index (χ3v) is 3.49. The molecule has 1 aromatic heterocycles. The molecule has 124 valence electrons. The Labute approximate surface area is 143 Å². The van der Waals surface area contributed by atoms with Crippen LogP contribution in [0.3, 0.4) is 0 Å². The van der Waals surface area contributed by atoms with Crippen LogP contribution in [0, 0.1) is 11.6 Å². The number of anilines is 1. The molecule has 3 nitrogen and oxygen atoms in total. The maximum atomic E-state index is 13.5. The molecule has 0 aliphatic rings. The SMILES string of the molecule is O=C(/C=C\c1ccc(-c2ccc(F)cc2)nc1)Nc1ccccc1F. The molecule has 0 atom stereocenters. The Morgan fingerprint density at radius 1 is 0.960 bits per heavy atom. The van der Waals surface area contributed by atoms with E-state index in [-0.39, 0.29) is 11.5 Å². The number of carbonyl (C=O) groups is 1. The predicted molar refractivity (Wildman–Crippen MR) is 93.7 cm³/mol. The van der Waals surface area contributed by atoms with E-state index >= 15 is 0 Å². The van der Waals surface area contributed by atoms with E-state index < -0.39 is 11.7 Å². The minimum absolute atomic E-state index is 0.127. The monoisotopic (exact) mass is 336 g/mol. The number of nitrogens with zero attached hydrogens (tertiary/aromatic N) is 1. The summed E-state index contributed by atoms with van der Waals surface area (Å²) in [6, 6.07) is 15.6. The van der Waals surface area contributed by atoms with Crippen molar-refractivity contribution in [1.82, 2.24) is 4.98 Å². The third-order valence-electron chi connectivity index (χ3n) is 3.49. The number of pyridine rings is 1. The van der Waals surface area contributed by atoms with Crippen molar-refractivity contribution in [2.75, 3.05) is 5.32 Å². The molecule has 3 aromatic rings. The molecule has 3 rings (SSSR count). The molecule has 0 radical (unpaired) electrons. The van der Waals surface area contributed by atoms with Crippen molar-refractivity contribution in [2.45, 2.75) is 0 Å². The molecule has 5 heteroatoms. The van der Waals surface area contributed by atoms with Crippen LogP contribution in [0.2, 0.25) is 0 Å². The fourth-order valence-electron chi connectivity index (χ4n) is 2.20. The van der Waals surface area contributed by atoms with Gasteiger partial charge in [0.25, 0.3) is 0 Å². The van der Waals surface area contributed by atoms with Gasteiger partial charge in [-0.3, -0.25) is 9.78 Å². The Kier molecular flexibility index (Phi) is 4.95. The molecule has 0 saturated carbocycles. The van der Waals surface area contributed by atoms with Crippen LogP contribution in [-0.4, -0.2) is 10.9 Å². The maximum Gasteiger partial charge on any atom is 0.248 e. The molecular formula is C20H14F2N2O. The number of nitrogens with one attached hydrogen (secondary N) is 1. The summed E-state index contributed by atoms with van der Waals surface area (Å²) >= 11 is 0. The highest BCUT2D eigenvalue weighted by molar-refractivity contribution is 6.01. The third kappa shape index (κ3) is 4.35. The van der Waals surface area contributed by atoms with Gasteiger partial charge in [0.2, 0.25) is 5.91 Å². The lowest BCUT2D eigenvalue weighted by Gasteiger charge is -2.03. The number of halogens is 2. The van der Waals surface area contributed by atoms with Crippen LogP contribution in [0.5, 0.6) is 0 Å². The maximum absolute atomic E-state index is 13.5. The Balaban J connectivity index is 1.66. The van der Waals surface area contributed by atoms with Gasteiger partial charge in [-0.15, -0.1) is 0 Å². The average Bonchev–Trinajstić information content (AvgIpc) is 2.63. The van der Waals surface area contributed by atoms with Crippen molar-refractivity contribution in [3.05, 3.63) is 90.1 Å². The number of carbonyl (C=O) groups excluding carboxylic acids is 1. The van der Waals surface area contributed by atoms with Gasteiger partial charge in [-0.2, -0.15) is 0 Å². The molecule has 0 aliphatic carbocycles. The second-order valence-corrected chi connectivity index (χ2v) is 5.29. The predicted octanol–water partition coefficient (Wildman–Crippen LogP) is 4.68. The van der Waals surface area contributed by atoms with Crippen molar-refractivity contribution in [2.24, 2.45) is 0 Å². The molecule has 1 amide bonds. The van der Waals surface area contributed by atoms with Gasteiger partial charge in [-0.1, -0.05) is 18.2 Å². The fraction of sp³-hybridized carbons (Fsp3) is 0. The average molecular weight is 336 g/mol. The minimum Gasteiger partial charge on any atom is -0.320 e. The molecule has 0 spiro atoms. The van der Waals surface area contributed by atoms with E-state index in [1.165, 1.54) is 30.3 Å². The second-order valence-electron chi connectivity index (χ2n) is 5.29. The van der Waals surface area contributed by atoms with Crippen molar-refractivity contribution >= 4 is 17.7 Å². The van der Waals surface area contributed by atoms with Crippen LogP contribution >= 0.6 is 0 Å². The highest BCUT2D eigenvalue weighted by atomic mass is 19.1. The zero-order chi connectivity index (χ0) is 17.6. The van der Waals surface area contributed by atoms with Crippen LogP contribution in [0.1, 0.15) is 5.56 Å². The fourth-order valence-corrected chi connectivity index (χ4v) is 2.20. The van der Waals surface area contributed by atoms with E-state index in [4.69, 9.17) is 0 Å². The summed E-state index contributed by atoms with van der Waals surface area (Å²) in [5.41, 5.74) is 2.35. The Hall–Kier alpha value is -3.34. The van der Waals surface area contributed by atoms with Crippen molar-refractivity contribution in [3.8, 4) is 11.3 Å². The first-order valence-electron chi connectivity index (χ1n) is 7.57. The van der Waals surface area contributed by atoms with E-state index in [1.54, 1.807) is 48.7 Å². The molecule has 1 N–H and O–H groups in total. The minimum atomic E-state index is -0.491. The molecular weight excluding hydrogens is 322 g/mol. The van der Waals surface area contributed by atoms with Crippen molar-refractivity contribution < 1.29 is 13.6 Å². The van der Waals surface area contributed by atoms with E-state index in [1.807, 2.05) is 0 Å². The number of aromatic nitrogens is 1. The van der Waals surface area contributed by atoms with E-state index in [9.17, 15) is 13.6 Å². The van der Waals surface area contributed by atoms with Crippen LogP contribution < -0.4 is 5.32 Å². The van der Waals surface area contributed by atoms with Crippen molar-refractivity contribution in [3.63, 3.8) is 0 Å². The molecule has 0 fully saturated rings. The number of hydrogen-bond acceptors (Lipinski definition) is 2. The topological polar surface area (TPSA) is 42.0 Å². The number of para-hydroxylation sites is 1. The smallest absolute Gasteiger partial charge is 0.248 e. The summed E-state index contributed by atoms with van der Waals surface area (Å²) in [5, 5.41) is 2.47. The first-order chi connectivity index (χ1) is 12.1. The van der Waals surface area contributed by atoms with Gasteiger partial charge in [-0.05, 0) is 54.1 Å². The van der Waals surface area contributed by atoms with Gasteiger partial charge in [0.1, 0.15) is 11.6 Å². The van der Waals surface area contributed by atoms with Crippen LogP contribution in [0.15, 0.2) is 72.9 Å². The number of rotatable bonds is 4. The largest absolute Gasteiger partial charge is 0.320 e. The molecule has 25 heavy (non-hydrogen) atoms. The quantitative estimate of drug-likeness (QED) is 0.703. The first kappa shape index (κ1) is 16.5. The number of hydrogen-bond donors (Lipinski definition) is 1. The zero-order valence-corrected chi connectivity index (χ0v) is 13.1. The highest BCUT2D eigenvalue weighted by Gasteiger charge is 2.03. The summed E-state index contributed by atoms with van der Waals surface area (Å²) in [6.45, 7) is 0. The lowest BCUT2D eigenvalue weighted by molar-refractivity contribution is -0.111. The molecule has 0 aliphatic heterocycles. The Bertz CT molecular complexity index is 904. The lowest BCUT2D eigenvalue weighted by atomic mass is 10.1. The first-order valence-corrected chi connectivity index (χ1v) is 7.57. The number of benzene rings is 2. The highest BCUT2D eigenvalue weighted by Crippen LogP contribution is 2.18. The van der Waals surface area contributed by atoms with Gasteiger partial charge in [0.15, 0.2) is 0 Å². The Morgan fingerprint density at radius 3 is 2.40 bits per heavy atom. The lowest BCUT2D eigenvalue weighted by Crippen LogP contribution is -2.08. The van der Waals surface area contributed by atoms with Gasteiger partial charge < -0.3 is 5.32 Å². The standard InChI is InChI=1S/C20H14F2N2O/c21-16-9-7-15(8-10-16)18-11-5-14(13-23-18)6-12-20(25)24-19-4-2-1-3-17(19)22/h1-13H,(H,24,25)/b12-6-. The molecule has 0 bridgehead atoms. The van der Waals surface area contributed by atoms with Gasteiger partial charge in [0.05, 0.1) is 11.4 Å². The normalized spacial score (nSPS) is 10.8. The van der Waals surface area contributed by atoms with Crippen LogP contribution in [0.4, 0.5) is 14.5 Å². The summed E-state index contributed by atoms with van der Waals surface area (Å²) in [4.78, 5) is 16.1. The van der Waals surface area contributed by atoms with E-state index in [0.717, 1.165) is 11.1 Å². The van der Waals surface area contributed by atoms with E-state index in [2.05, 4.69) is 10.3 Å². The summed E-state index contributed by atoms with van der Waals surface area (Å²) in [7, 11) is 0. The van der Waals surface area contributed by atoms with Gasteiger partial charge >= 0.3 is 0 Å². The summed E-state index contributed by atoms with van der Waals surface area (Å²) < 4.78 is 26.4. The van der Waals surface area contributed by atoms with Crippen LogP contribution in [-0.2, 0) is 4.79 Å². The van der Waals surface area contributed by atoms with Crippen LogP contribution in [0.25, 0.3) is 17.3 Å². The Morgan fingerprint density at radius 2 is 1.72 bits per heavy atom. The van der Waals surface area contributed by atoms with E-state index in [0.29, 0.717) is 5.69 Å². The second kappa shape index (κ2) is 7.49.